The Morgan fingerprint density at radius 2 is 2.25 bits per heavy atom. The van der Waals surface area contributed by atoms with E-state index in [1.54, 1.807) is 0 Å². The number of benzene rings is 1. The maximum Gasteiger partial charge on any atom is 0.0696 e. The molecular weight excluding hydrogens is 200 g/mol. The number of rotatable bonds is 1. The molecule has 3 nitrogen and oxygen atoms in total. The number of anilines is 1. The SMILES string of the molecule is OC[C@]12CNc3ccccc3[C@@H]1C=CCN2. The second-order valence-corrected chi connectivity index (χ2v) is 4.54. The topological polar surface area (TPSA) is 44.3 Å². The Kier molecular flexibility index (Phi) is 2.23. The van der Waals surface area contributed by atoms with Gasteiger partial charge in [-0.3, -0.25) is 0 Å². The first kappa shape index (κ1) is 9.87. The Morgan fingerprint density at radius 1 is 1.38 bits per heavy atom. The molecule has 16 heavy (non-hydrogen) atoms. The van der Waals surface area contributed by atoms with Gasteiger partial charge in [0.1, 0.15) is 0 Å². The highest BCUT2D eigenvalue weighted by Crippen LogP contribution is 2.39. The van der Waals surface area contributed by atoms with Crippen LogP contribution in [0.5, 0.6) is 0 Å². The van der Waals surface area contributed by atoms with Crippen molar-refractivity contribution < 1.29 is 5.11 Å². The zero-order valence-electron chi connectivity index (χ0n) is 9.11. The third-order valence-corrected chi connectivity index (χ3v) is 3.67. The Bertz CT molecular complexity index is 430. The maximum atomic E-state index is 9.67. The Hall–Kier alpha value is -1.32. The maximum absolute atomic E-state index is 9.67. The van der Waals surface area contributed by atoms with Gasteiger partial charge in [-0.25, -0.2) is 0 Å². The molecular formula is C13H16N2O. The number of aliphatic hydroxyl groups excluding tert-OH is 1. The fourth-order valence-corrected chi connectivity index (χ4v) is 2.73. The fraction of sp³-hybridized carbons (Fsp3) is 0.385. The van der Waals surface area contributed by atoms with Gasteiger partial charge < -0.3 is 15.7 Å². The van der Waals surface area contributed by atoms with Crippen LogP contribution in [-0.2, 0) is 0 Å². The molecule has 84 valence electrons. The van der Waals surface area contributed by atoms with E-state index in [9.17, 15) is 5.11 Å². The molecule has 3 rings (SSSR count). The molecule has 3 heteroatoms. The van der Waals surface area contributed by atoms with Gasteiger partial charge in [0.05, 0.1) is 12.1 Å². The van der Waals surface area contributed by atoms with Gasteiger partial charge in [-0.1, -0.05) is 30.4 Å². The van der Waals surface area contributed by atoms with Crippen LogP contribution in [0.25, 0.3) is 0 Å². The third kappa shape index (κ3) is 1.29. The molecule has 0 aliphatic carbocycles. The lowest BCUT2D eigenvalue weighted by atomic mass is 9.74. The average Bonchev–Trinajstić information content (AvgIpc) is 2.38. The van der Waals surface area contributed by atoms with Gasteiger partial charge in [-0.15, -0.1) is 0 Å². The van der Waals surface area contributed by atoms with Crippen LogP contribution in [0.1, 0.15) is 11.5 Å². The van der Waals surface area contributed by atoms with E-state index in [1.165, 1.54) is 11.3 Å². The van der Waals surface area contributed by atoms with Gasteiger partial charge in [-0.05, 0) is 11.6 Å². The minimum Gasteiger partial charge on any atom is -0.394 e. The van der Waals surface area contributed by atoms with Crippen molar-refractivity contribution >= 4 is 5.69 Å². The molecule has 2 aliphatic heterocycles. The van der Waals surface area contributed by atoms with Gasteiger partial charge in [0.2, 0.25) is 0 Å². The fourth-order valence-electron chi connectivity index (χ4n) is 2.73. The van der Waals surface area contributed by atoms with Crippen LogP contribution in [0.2, 0.25) is 0 Å². The molecule has 2 heterocycles. The zero-order valence-corrected chi connectivity index (χ0v) is 9.11. The van der Waals surface area contributed by atoms with Crippen LogP contribution in [0.3, 0.4) is 0 Å². The quantitative estimate of drug-likeness (QED) is 0.616. The van der Waals surface area contributed by atoms with E-state index in [2.05, 4.69) is 41.0 Å². The van der Waals surface area contributed by atoms with Crippen molar-refractivity contribution in [1.82, 2.24) is 5.32 Å². The summed E-state index contributed by atoms with van der Waals surface area (Å²) < 4.78 is 0. The number of hydrogen-bond acceptors (Lipinski definition) is 3. The highest BCUT2D eigenvalue weighted by Gasteiger charge is 2.42. The molecule has 1 aromatic rings. The van der Waals surface area contributed by atoms with Crippen molar-refractivity contribution in [2.24, 2.45) is 0 Å². The molecule has 0 amide bonds. The molecule has 0 radical (unpaired) electrons. The number of nitrogens with one attached hydrogen (secondary N) is 2. The number of fused-ring (bicyclic) bond motifs is 3. The Morgan fingerprint density at radius 3 is 3.12 bits per heavy atom. The molecule has 3 N–H and O–H groups in total. The summed E-state index contributed by atoms with van der Waals surface area (Å²) in [5.41, 5.74) is 2.22. The van der Waals surface area contributed by atoms with Crippen LogP contribution < -0.4 is 10.6 Å². The van der Waals surface area contributed by atoms with Crippen LogP contribution in [0.15, 0.2) is 36.4 Å². The predicted molar refractivity (Wildman–Crippen MR) is 64.6 cm³/mol. The lowest BCUT2D eigenvalue weighted by Gasteiger charge is -2.45. The lowest BCUT2D eigenvalue weighted by Crippen LogP contribution is -2.60. The summed E-state index contributed by atoms with van der Waals surface area (Å²) in [6.07, 6.45) is 4.35. The van der Waals surface area contributed by atoms with Crippen molar-refractivity contribution in [2.75, 3.05) is 25.0 Å². The summed E-state index contributed by atoms with van der Waals surface area (Å²) in [7, 11) is 0. The summed E-state index contributed by atoms with van der Waals surface area (Å²) in [5.74, 6) is 0.267. The highest BCUT2D eigenvalue weighted by molar-refractivity contribution is 5.59. The molecule has 0 bridgehead atoms. The van der Waals surface area contributed by atoms with Gasteiger partial charge in [0, 0.05) is 24.7 Å². The van der Waals surface area contributed by atoms with Gasteiger partial charge in [-0.2, -0.15) is 0 Å². The largest absolute Gasteiger partial charge is 0.394 e. The summed E-state index contributed by atoms with van der Waals surface area (Å²) in [6.45, 7) is 1.76. The molecule has 2 atom stereocenters. The van der Waals surface area contributed by atoms with E-state index >= 15 is 0 Å². The molecule has 2 aliphatic rings. The summed E-state index contributed by atoms with van der Waals surface area (Å²) in [4.78, 5) is 0. The molecule has 1 aromatic carbocycles. The minimum atomic E-state index is -0.233. The van der Waals surface area contributed by atoms with Crippen molar-refractivity contribution in [1.29, 1.82) is 0 Å². The normalized spacial score (nSPS) is 31.4. The lowest BCUT2D eigenvalue weighted by molar-refractivity contribution is 0.152. The van der Waals surface area contributed by atoms with E-state index in [0.717, 1.165) is 13.1 Å². The predicted octanol–water partition coefficient (Wildman–Crippen LogP) is 1.09. The first-order chi connectivity index (χ1) is 7.86. The zero-order chi connectivity index (χ0) is 11.0. The van der Waals surface area contributed by atoms with E-state index in [4.69, 9.17) is 0 Å². The molecule has 0 spiro atoms. The standard InChI is InChI=1S/C13H16N2O/c16-9-13-8-14-12-6-2-1-4-10(12)11(13)5-3-7-15-13/h1-6,11,14-16H,7-9H2/t11-,13+/m0/s1. The molecule has 0 aromatic heterocycles. The second kappa shape index (κ2) is 3.61. The summed E-state index contributed by atoms with van der Waals surface area (Å²) in [6, 6.07) is 8.32. The van der Waals surface area contributed by atoms with Crippen LogP contribution >= 0.6 is 0 Å². The van der Waals surface area contributed by atoms with Crippen molar-refractivity contribution in [3.8, 4) is 0 Å². The Balaban J connectivity index is 2.11. The van der Waals surface area contributed by atoms with E-state index in [1.807, 2.05) is 6.07 Å². The van der Waals surface area contributed by atoms with Crippen LogP contribution in [0.4, 0.5) is 5.69 Å². The highest BCUT2D eigenvalue weighted by atomic mass is 16.3. The molecule has 0 saturated heterocycles. The monoisotopic (exact) mass is 216 g/mol. The van der Waals surface area contributed by atoms with Gasteiger partial charge in [0.15, 0.2) is 0 Å². The Labute approximate surface area is 95.2 Å². The van der Waals surface area contributed by atoms with Gasteiger partial charge in [0.25, 0.3) is 0 Å². The third-order valence-electron chi connectivity index (χ3n) is 3.67. The number of aliphatic hydroxyl groups is 1. The first-order valence-electron chi connectivity index (χ1n) is 5.71. The molecule has 0 saturated carbocycles. The van der Waals surface area contributed by atoms with Crippen molar-refractivity contribution in [2.45, 2.75) is 11.5 Å². The number of para-hydroxylation sites is 1. The van der Waals surface area contributed by atoms with E-state index in [-0.39, 0.29) is 18.1 Å². The molecule has 0 fully saturated rings. The van der Waals surface area contributed by atoms with Gasteiger partial charge >= 0.3 is 0 Å². The van der Waals surface area contributed by atoms with Crippen molar-refractivity contribution in [3.05, 3.63) is 42.0 Å². The first-order valence-corrected chi connectivity index (χ1v) is 5.71. The number of hydrogen-bond donors (Lipinski definition) is 3. The van der Waals surface area contributed by atoms with Crippen molar-refractivity contribution in [3.63, 3.8) is 0 Å². The van der Waals surface area contributed by atoms with E-state index in [0.29, 0.717) is 0 Å². The van der Waals surface area contributed by atoms with Crippen LogP contribution in [-0.4, -0.2) is 30.3 Å². The van der Waals surface area contributed by atoms with Crippen LogP contribution in [0, 0.1) is 0 Å². The molecule has 0 unspecified atom stereocenters. The average molecular weight is 216 g/mol. The summed E-state index contributed by atoms with van der Waals surface area (Å²) in [5, 5.41) is 16.5. The minimum absolute atomic E-state index is 0.156. The smallest absolute Gasteiger partial charge is 0.0696 e. The summed E-state index contributed by atoms with van der Waals surface area (Å²) >= 11 is 0. The second-order valence-electron chi connectivity index (χ2n) is 4.54. The van der Waals surface area contributed by atoms with E-state index < -0.39 is 0 Å².